The van der Waals surface area contributed by atoms with E-state index in [2.05, 4.69) is 26.8 Å². The number of hydrogen-bond acceptors (Lipinski definition) is 7. The molecule has 9 nitrogen and oxygen atoms in total. The molecule has 35 heavy (non-hydrogen) atoms. The van der Waals surface area contributed by atoms with Crippen molar-refractivity contribution in [1.29, 1.82) is 0 Å². The highest BCUT2D eigenvalue weighted by Gasteiger charge is 2.25. The van der Waals surface area contributed by atoms with E-state index in [0.717, 1.165) is 5.56 Å². The van der Waals surface area contributed by atoms with Gasteiger partial charge in [-0.3, -0.25) is 19.8 Å². The number of carbonyl (C=O) groups is 3. The zero-order valence-corrected chi connectivity index (χ0v) is 22.4. The van der Waals surface area contributed by atoms with Crippen molar-refractivity contribution in [3.63, 3.8) is 0 Å². The maximum atomic E-state index is 13.2. The average molecular weight is 550 g/mol. The topological polar surface area (TPSA) is 116 Å². The van der Waals surface area contributed by atoms with Crippen LogP contribution in [0.5, 0.6) is 0 Å². The van der Waals surface area contributed by atoms with E-state index in [0.29, 0.717) is 6.54 Å². The van der Waals surface area contributed by atoms with E-state index >= 15 is 0 Å². The van der Waals surface area contributed by atoms with Crippen LogP contribution in [0.4, 0.5) is 10.6 Å². The number of Topliss-reactive ketones (excluding diaryl/α,β-unsaturated/α-hetero) is 1. The van der Waals surface area contributed by atoms with E-state index in [4.69, 9.17) is 9.47 Å². The molecule has 0 aliphatic heterocycles. The molecule has 1 amide bonds. The predicted molar refractivity (Wildman–Crippen MR) is 136 cm³/mol. The molecule has 2 aromatic rings. The van der Waals surface area contributed by atoms with Gasteiger partial charge in [-0.1, -0.05) is 30.3 Å². The summed E-state index contributed by atoms with van der Waals surface area (Å²) < 4.78 is 12.3. The molecule has 0 saturated heterocycles. The highest BCUT2D eigenvalue weighted by atomic mass is 79.9. The lowest BCUT2D eigenvalue weighted by Crippen LogP contribution is -2.38. The Labute approximate surface area is 213 Å². The minimum atomic E-state index is -0.786. The molecule has 2 rings (SSSR count). The van der Waals surface area contributed by atoms with Crippen LogP contribution >= 0.6 is 15.9 Å². The van der Waals surface area contributed by atoms with E-state index in [1.165, 1.54) is 6.20 Å². The van der Waals surface area contributed by atoms with Crippen molar-refractivity contribution in [2.75, 3.05) is 5.43 Å². The number of ether oxygens (including phenoxy) is 2. The van der Waals surface area contributed by atoms with Gasteiger partial charge in [-0.25, -0.2) is 10.2 Å². The Balaban J connectivity index is 2.41. The van der Waals surface area contributed by atoms with Crippen LogP contribution in [0, 0.1) is 0 Å². The fraction of sp³-hybridized carbons (Fsp3) is 0.440. The zero-order valence-electron chi connectivity index (χ0n) is 20.9. The van der Waals surface area contributed by atoms with E-state index in [1.54, 1.807) is 46.1 Å². The molecule has 1 aromatic carbocycles. The maximum absolute atomic E-state index is 13.2. The predicted octanol–water partition coefficient (Wildman–Crippen LogP) is 4.82. The number of nitrogens with zero attached hydrogens (tertiary/aromatic N) is 1. The van der Waals surface area contributed by atoms with Gasteiger partial charge in [-0.05, 0) is 63.0 Å². The second-order valence-corrected chi connectivity index (χ2v) is 10.8. The summed E-state index contributed by atoms with van der Waals surface area (Å²) >= 11 is 3.24. The Bertz CT molecular complexity index is 1130. The molecule has 0 aliphatic carbocycles. The number of anilines is 1. The van der Waals surface area contributed by atoms with Crippen molar-refractivity contribution in [1.82, 2.24) is 9.99 Å². The summed E-state index contributed by atoms with van der Waals surface area (Å²) in [6, 6.07) is 9.39. The monoisotopic (exact) mass is 549 g/mol. The summed E-state index contributed by atoms with van der Waals surface area (Å²) in [4.78, 5) is 50.5. The Morgan fingerprint density at radius 3 is 2.11 bits per heavy atom. The molecule has 0 saturated carbocycles. The standard InChI is InChI=1S/C25H32BrN3O6/c1-24(2,3)34-19(31)13-12-18(30)20-21(32)17(26)15-29(14-16-10-8-7-9-11-16)22(20)27-28-23(33)35-25(4,5)6/h7-11,15,27H,12-14H2,1-6H3,(H,28,33). The smallest absolute Gasteiger partial charge is 0.426 e. The summed E-state index contributed by atoms with van der Waals surface area (Å²) in [5.41, 5.74) is 3.76. The number of aromatic nitrogens is 1. The van der Waals surface area contributed by atoms with Crippen molar-refractivity contribution in [3.8, 4) is 0 Å². The van der Waals surface area contributed by atoms with Crippen LogP contribution in [0.1, 0.15) is 70.3 Å². The highest BCUT2D eigenvalue weighted by Crippen LogP contribution is 2.21. The number of hydrogen-bond donors (Lipinski definition) is 2. The fourth-order valence-electron chi connectivity index (χ4n) is 3.08. The number of benzene rings is 1. The van der Waals surface area contributed by atoms with Gasteiger partial charge in [-0.15, -0.1) is 0 Å². The summed E-state index contributed by atoms with van der Waals surface area (Å²) in [5, 5.41) is 0. The largest absolute Gasteiger partial charge is 0.460 e. The molecule has 2 N–H and O–H groups in total. The first-order chi connectivity index (χ1) is 16.2. The van der Waals surface area contributed by atoms with Crippen molar-refractivity contribution in [2.24, 2.45) is 0 Å². The van der Waals surface area contributed by atoms with Crippen LogP contribution in [0.3, 0.4) is 0 Å². The summed E-state index contributed by atoms with van der Waals surface area (Å²) in [6.45, 7) is 10.6. The number of rotatable bonds is 8. The minimum absolute atomic E-state index is 0.0714. The van der Waals surface area contributed by atoms with Gasteiger partial charge >= 0.3 is 12.1 Å². The zero-order chi connectivity index (χ0) is 26.4. The van der Waals surface area contributed by atoms with E-state index in [9.17, 15) is 19.2 Å². The number of nitrogens with one attached hydrogen (secondary N) is 2. The van der Waals surface area contributed by atoms with Gasteiger partial charge in [0, 0.05) is 19.2 Å². The van der Waals surface area contributed by atoms with Crippen LogP contribution in [0.25, 0.3) is 0 Å². The highest BCUT2D eigenvalue weighted by molar-refractivity contribution is 9.10. The molecule has 0 atom stereocenters. The lowest BCUT2D eigenvalue weighted by Gasteiger charge is -2.22. The Morgan fingerprint density at radius 2 is 1.54 bits per heavy atom. The summed E-state index contributed by atoms with van der Waals surface area (Å²) in [7, 11) is 0. The van der Waals surface area contributed by atoms with Gasteiger partial charge in [0.1, 0.15) is 22.6 Å². The normalized spacial score (nSPS) is 11.5. The molecule has 1 aromatic heterocycles. The molecule has 0 unspecified atom stereocenters. The van der Waals surface area contributed by atoms with Gasteiger partial charge in [0.25, 0.3) is 0 Å². The summed E-state index contributed by atoms with van der Waals surface area (Å²) in [5.74, 6) is -1.05. The Hall–Kier alpha value is -3.14. The molecule has 0 bridgehead atoms. The molecule has 0 radical (unpaired) electrons. The van der Waals surface area contributed by atoms with Gasteiger partial charge in [0.2, 0.25) is 5.43 Å². The van der Waals surface area contributed by atoms with E-state index < -0.39 is 34.5 Å². The molecule has 190 valence electrons. The summed E-state index contributed by atoms with van der Waals surface area (Å²) in [6.07, 6.45) is 0.303. The van der Waals surface area contributed by atoms with Gasteiger partial charge < -0.3 is 14.0 Å². The SMILES string of the molecule is CC(C)(C)OC(=O)CCC(=O)c1c(NNC(=O)OC(C)(C)C)n(Cc2ccccc2)cc(Br)c1=O. The van der Waals surface area contributed by atoms with Crippen LogP contribution in [0.15, 0.2) is 45.8 Å². The number of pyridine rings is 1. The average Bonchev–Trinajstić information content (AvgIpc) is 2.71. The molecule has 0 spiro atoms. The number of esters is 1. The third-order valence-corrected chi connectivity index (χ3v) is 4.93. The first-order valence-corrected chi connectivity index (χ1v) is 11.9. The molecular weight excluding hydrogens is 518 g/mol. The lowest BCUT2D eigenvalue weighted by atomic mass is 10.1. The third-order valence-electron chi connectivity index (χ3n) is 4.37. The molecule has 0 fully saturated rings. The van der Waals surface area contributed by atoms with Crippen molar-refractivity contribution < 1.29 is 23.9 Å². The number of ketones is 1. The first kappa shape index (κ1) is 28.1. The second-order valence-electron chi connectivity index (χ2n) is 9.90. The van der Waals surface area contributed by atoms with Gasteiger partial charge in [0.15, 0.2) is 5.78 Å². The van der Waals surface area contributed by atoms with Crippen LogP contribution < -0.4 is 16.3 Å². The van der Waals surface area contributed by atoms with Gasteiger partial charge in [0.05, 0.1) is 10.9 Å². The van der Waals surface area contributed by atoms with E-state index in [-0.39, 0.29) is 28.7 Å². The van der Waals surface area contributed by atoms with Crippen molar-refractivity contribution in [2.45, 2.75) is 72.1 Å². The number of hydrazine groups is 1. The maximum Gasteiger partial charge on any atom is 0.426 e. The Morgan fingerprint density at radius 1 is 0.943 bits per heavy atom. The van der Waals surface area contributed by atoms with Crippen molar-refractivity contribution in [3.05, 3.63) is 62.4 Å². The van der Waals surface area contributed by atoms with Crippen molar-refractivity contribution >= 4 is 39.6 Å². The van der Waals surface area contributed by atoms with Gasteiger partial charge in [-0.2, -0.15) is 0 Å². The van der Waals surface area contributed by atoms with Crippen LogP contribution in [-0.2, 0) is 20.8 Å². The first-order valence-electron chi connectivity index (χ1n) is 11.1. The molecular formula is C25H32BrN3O6. The number of carbonyl (C=O) groups excluding carboxylic acids is 3. The number of halogens is 1. The second kappa shape index (κ2) is 11.5. The fourth-order valence-corrected chi connectivity index (χ4v) is 3.52. The van der Waals surface area contributed by atoms with Crippen LogP contribution in [0.2, 0.25) is 0 Å². The quantitative estimate of drug-likeness (QED) is 0.275. The third kappa shape index (κ3) is 9.20. The molecule has 1 heterocycles. The van der Waals surface area contributed by atoms with E-state index in [1.807, 2.05) is 30.3 Å². The molecule has 10 heteroatoms. The molecule has 0 aliphatic rings. The lowest BCUT2D eigenvalue weighted by molar-refractivity contribution is -0.154. The number of amides is 1. The minimum Gasteiger partial charge on any atom is -0.460 e. The van der Waals surface area contributed by atoms with Crippen LogP contribution in [-0.4, -0.2) is 33.6 Å². The Kier molecular flexibility index (Phi) is 9.25.